The average molecular weight is 515 g/mol. The first-order valence-electron chi connectivity index (χ1n) is 12.7. The largest absolute Gasteiger partial charge is 0.456 e. The van der Waals surface area contributed by atoms with Crippen molar-refractivity contribution in [3.8, 4) is 33.4 Å². The minimum Gasteiger partial charge on any atom is -0.456 e. The maximum atomic E-state index is 12.9. The van der Waals surface area contributed by atoms with E-state index >= 15 is 0 Å². The van der Waals surface area contributed by atoms with E-state index in [1.54, 1.807) is 0 Å². The van der Waals surface area contributed by atoms with E-state index in [-0.39, 0.29) is 0 Å². The quantitative estimate of drug-likeness (QED) is 0.229. The molecule has 0 unspecified atom stereocenters. The summed E-state index contributed by atoms with van der Waals surface area (Å²) in [6, 6.07) is 40.5. The van der Waals surface area contributed by atoms with Crippen molar-refractivity contribution in [2.24, 2.45) is 0 Å². The van der Waals surface area contributed by atoms with Crippen LogP contribution in [-0.4, -0.2) is 0 Å². The Bertz CT molecular complexity index is 1980. The molecule has 0 fully saturated rings. The molecule has 7 rings (SSSR count). The molecule has 0 aliphatic heterocycles. The van der Waals surface area contributed by atoms with Crippen LogP contribution >= 0.6 is 0 Å². The second-order valence-electron chi connectivity index (χ2n) is 9.74. The van der Waals surface area contributed by atoms with Crippen molar-refractivity contribution in [2.75, 3.05) is 0 Å². The highest BCUT2D eigenvalue weighted by Crippen LogP contribution is 2.35. The highest BCUT2D eigenvalue weighted by atomic mass is 19.4. The molecule has 1 nitrogen and oxygen atoms in total. The van der Waals surface area contributed by atoms with Crippen LogP contribution in [0.2, 0.25) is 0 Å². The van der Waals surface area contributed by atoms with E-state index in [0.717, 1.165) is 78.2 Å². The molecule has 0 aliphatic rings. The lowest BCUT2D eigenvalue weighted by atomic mass is 9.96. The van der Waals surface area contributed by atoms with Gasteiger partial charge in [0.15, 0.2) is 0 Å². The molecule has 1 aromatic heterocycles. The number of fused-ring (bicyclic) bond motifs is 4. The Kier molecular flexibility index (Phi) is 5.31. The topological polar surface area (TPSA) is 13.1 Å². The van der Waals surface area contributed by atoms with Gasteiger partial charge in [-0.05, 0) is 86.6 Å². The minimum atomic E-state index is -4.33. The molecule has 1 heterocycles. The van der Waals surface area contributed by atoms with Crippen molar-refractivity contribution in [2.45, 2.75) is 6.18 Å². The second-order valence-corrected chi connectivity index (χ2v) is 9.74. The van der Waals surface area contributed by atoms with E-state index in [2.05, 4.69) is 60.7 Å². The Hall–Kier alpha value is -4.83. The highest BCUT2D eigenvalue weighted by Gasteiger charge is 2.29. The van der Waals surface area contributed by atoms with Gasteiger partial charge in [0.05, 0.1) is 5.56 Å². The summed E-state index contributed by atoms with van der Waals surface area (Å²) in [5.41, 5.74) is 7.26. The monoisotopic (exact) mass is 514 g/mol. The predicted octanol–water partition coefficient (Wildman–Crippen LogP) is 10.8. The molecule has 4 heteroatoms. The lowest BCUT2D eigenvalue weighted by Gasteiger charge is -2.10. The summed E-state index contributed by atoms with van der Waals surface area (Å²) < 4.78 is 44.7. The minimum absolute atomic E-state index is 0.641. The smallest absolute Gasteiger partial charge is 0.416 e. The Balaban J connectivity index is 1.17. The van der Waals surface area contributed by atoms with Crippen LogP contribution in [0.4, 0.5) is 13.2 Å². The maximum absolute atomic E-state index is 12.9. The summed E-state index contributed by atoms with van der Waals surface area (Å²) in [6.07, 6.45) is -4.33. The van der Waals surface area contributed by atoms with Gasteiger partial charge < -0.3 is 4.42 Å². The third-order valence-corrected chi connectivity index (χ3v) is 7.31. The second kappa shape index (κ2) is 8.88. The van der Waals surface area contributed by atoms with Crippen LogP contribution in [-0.2, 0) is 6.18 Å². The number of halogens is 3. The highest BCUT2D eigenvalue weighted by molar-refractivity contribution is 6.06. The van der Waals surface area contributed by atoms with Crippen molar-refractivity contribution in [1.82, 2.24) is 0 Å². The molecule has 39 heavy (non-hydrogen) atoms. The molecule has 188 valence electrons. The van der Waals surface area contributed by atoms with E-state index in [1.165, 1.54) is 12.1 Å². The number of para-hydroxylation sites is 1. The molecule has 0 radical (unpaired) electrons. The SMILES string of the molecule is FC(F)(F)c1ccc(-c2ccc3cc(-c4ccc(-c5ccc6oc7ccccc7c6c5)cc4)ccc3c2)cc1. The predicted molar refractivity (Wildman–Crippen MR) is 153 cm³/mol. The van der Waals surface area contributed by atoms with E-state index < -0.39 is 11.7 Å². The van der Waals surface area contributed by atoms with Gasteiger partial charge in [-0.1, -0.05) is 84.9 Å². The van der Waals surface area contributed by atoms with Gasteiger partial charge >= 0.3 is 6.18 Å². The van der Waals surface area contributed by atoms with Crippen LogP contribution in [0.5, 0.6) is 0 Å². The molecule has 0 bridgehead atoms. The number of benzene rings is 6. The molecular formula is C35H21F3O. The summed E-state index contributed by atoms with van der Waals surface area (Å²) in [4.78, 5) is 0. The van der Waals surface area contributed by atoms with Gasteiger partial charge in [-0.2, -0.15) is 13.2 Å². The van der Waals surface area contributed by atoms with Gasteiger partial charge in [0.1, 0.15) is 11.2 Å². The zero-order valence-electron chi connectivity index (χ0n) is 20.7. The van der Waals surface area contributed by atoms with Crippen LogP contribution in [0.3, 0.4) is 0 Å². The van der Waals surface area contributed by atoms with Crippen molar-refractivity contribution >= 4 is 32.7 Å². The van der Waals surface area contributed by atoms with Gasteiger partial charge in [-0.25, -0.2) is 0 Å². The van der Waals surface area contributed by atoms with E-state index in [4.69, 9.17) is 4.42 Å². The molecule has 0 N–H and O–H groups in total. The summed E-state index contributed by atoms with van der Waals surface area (Å²) in [6.45, 7) is 0. The van der Waals surface area contributed by atoms with Gasteiger partial charge in [-0.15, -0.1) is 0 Å². The van der Waals surface area contributed by atoms with E-state index in [0.29, 0.717) is 0 Å². The Labute approximate surface area is 222 Å². The number of furan rings is 1. The van der Waals surface area contributed by atoms with Crippen molar-refractivity contribution < 1.29 is 17.6 Å². The zero-order chi connectivity index (χ0) is 26.6. The maximum Gasteiger partial charge on any atom is 0.416 e. The molecule has 0 saturated carbocycles. The number of alkyl halides is 3. The van der Waals surface area contributed by atoms with Gasteiger partial charge in [0, 0.05) is 10.8 Å². The molecular weight excluding hydrogens is 493 g/mol. The normalized spacial score (nSPS) is 12.0. The lowest BCUT2D eigenvalue weighted by Crippen LogP contribution is -2.03. The number of rotatable bonds is 3. The first-order chi connectivity index (χ1) is 18.9. The third kappa shape index (κ3) is 4.24. The first-order valence-corrected chi connectivity index (χ1v) is 12.7. The molecule has 0 aliphatic carbocycles. The average Bonchev–Trinajstić information content (AvgIpc) is 3.34. The molecule has 7 aromatic rings. The van der Waals surface area contributed by atoms with Gasteiger partial charge in [-0.3, -0.25) is 0 Å². The molecule has 0 saturated heterocycles. The van der Waals surface area contributed by atoms with E-state index in [9.17, 15) is 13.2 Å². The Morgan fingerprint density at radius 1 is 0.410 bits per heavy atom. The summed E-state index contributed by atoms with van der Waals surface area (Å²) in [7, 11) is 0. The standard InChI is InChI=1S/C35H21F3O/c36-35(37,38)30-16-13-24(14-17-30)26-10-12-27-19-25(9-11-28(27)20-26)22-5-7-23(8-6-22)29-15-18-34-32(21-29)31-3-1-2-4-33(31)39-34/h1-21H. The van der Waals surface area contributed by atoms with Crippen LogP contribution in [0.1, 0.15) is 5.56 Å². The third-order valence-electron chi connectivity index (χ3n) is 7.31. The zero-order valence-corrected chi connectivity index (χ0v) is 20.7. The lowest BCUT2D eigenvalue weighted by molar-refractivity contribution is -0.137. The first kappa shape index (κ1) is 23.3. The van der Waals surface area contributed by atoms with Crippen LogP contribution < -0.4 is 0 Å². The molecule has 0 atom stereocenters. The fraction of sp³-hybridized carbons (Fsp3) is 0.0286. The van der Waals surface area contributed by atoms with Crippen molar-refractivity contribution in [3.05, 3.63) is 133 Å². The van der Waals surface area contributed by atoms with Gasteiger partial charge in [0.25, 0.3) is 0 Å². The van der Waals surface area contributed by atoms with Crippen molar-refractivity contribution in [1.29, 1.82) is 0 Å². The van der Waals surface area contributed by atoms with Crippen LogP contribution in [0, 0.1) is 0 Å². The van der Waals surface area contributed by atoms with Crippen LogP contribution in [0.15, 0.2) is 132 Å². The number of hydrogen-bond acceptors (Lipinski definition) is 1. The van der Waals surface area contributed by atoms with E-state index in [1.807, 2.05) is 42.5 Å². The summed E-state index contributed by atoms with van der Waals surface area (Å²) in [5.74, 6) is 0. The molecule has 0 amide bonds. The van der Waals surface area contributed by atoms with Crippen molar-refractivity contribution in [3.63, 3.8) is 0 Å². The number of hydrogen-bond donors (Lipinski definition) is 0. The Morgan fingerprint density at radius 2 is 0.872 bits per heavy atom. The van der Waals surface area contributed by atoms with Crippen LogP contribution in [0.25, 0.3) is 66.1 Å². The fourth-order valence-electron chi connectivity index (χ4n) is 5.22. The van der Waals surface area contributed by atoms with Gasteiger partial charge in [0.2, 0.25) is 0 Å². The molecule has 6 aromatic carbocycles. The Morgan fingerprint density at radius 3 is 1.46 bits per heavy atom. The summed E-state index contributed by atoms with van der Waals surface area (Å²) >= 11 is 0. The summed E-state index contributed by atoms with van der Waals surface area (Å²) in [5, 5.41) is 4.33. The fourth-order valence-corrected chi connectivity index (χ4v) is 5.22. The molecule has 0 spiro atoms.